The quantitative estimate of drug-likeness (QED) is 0.561. The molecule has 1 aromatic carbocycles. The lowest BCUT2D eigenvalue weighted by atomic mass is 9.96. The molecule has 0 unspecified atom stereocenters. The molecule has 0 aromatic heterocycles. The fourth-order valence-electron chi connectivity index (χ4n) is 4.12. The molecule has 0 radical (unpaired) electrons. The van der Waals surface area contributed by atoms with Crippen LogP contribution in [0.15, 0.2) is 29.2 Å². The molecule has 1 heterocycles. The summed E-state index contributed by atoms with van der Waals surface area (Å²) >= 11 is 0. The fourth-order valence-corrected chi connectivity index (χ4v) is 5.59. The summed E-state index contributed by atoms with van der Waals surface area (Å²) < 4.78 is 38.2. The van der Waals surface area contributed by atoms with Crippen molar-refractivity contribution in [3.05, 3.63) is 24.3 Å². The molecule has 8 nitrogen and oxygen atoms in total. The number of amides is 2. The second-order valence-corrected chi connectivity index (χ2v) is 10.1. The Morgan fingerprint density at radius 2 is 1.58 bits per heavy atom. The normalized spacial score (nSPS) is 19.1. The van der Waals surface area contributed by atoms with Gasteiger partial charge in [0, 0.05) is 31.8 Å². The van der Waals surface area contributed by atoms with Crippen molar-refractivity contribution < 1.29 is 22.7 Å². The molecule has 3 rings (SSSR count). The number of hydrogen-bond acceptors (Lipinski definition) is 5. The standard InChI is InChI=1S/C22H35N3O5S/c1-2-29-16-17-30-20-8-10-21(11-9-20)31(27,28)25-14-12-19(13-15-25)24-22(26)23-18-6-4-3-5-7-18/h8-11,18-19H,2-7,12-17H2,1H3,(H2,23,24,26). The average Bonchev–Trinajstić information content (AvgIpc) is 2.78. The summed E-state index contributed by atoms with van der Waals surface area (Å²) in [5.74, 6) is 0.616. The first-order valence-corrected chi connectivity index (χ1v) is 12.8. The van der Waals surface area contributed by atoms with Gasteiger partial charge in [0.2, 0.25) is 10.0 Å². The second-order valence-electron chi connectivity index (χ2n) is 8.15. The van der Waals surface area contributed by atoms with Crippen LogP contribution < -0.4 is 15.4 Å². The van der Waals surface area contributed by atoms with Gasteiger partial charge in [-0.15, -0.1) is 0 Å². The zero-order valence-corrected chi connectivity index (χ0v) is 19.2. The fraction of sp³-hybridized carbons (Fsp3) is 0.682. The van der Waals surface area contributed by atoms with Crippen molar-refractivity contribution in [3.63, 3.8) is 0 Å². The Bertz CT molecular complexity index is 786. The van der Waals surface area contributed by atoms with Gasteiger partial charge in [-0.25, -0.2) is 13.2 Å². The highest BCUT2D eigenvalue weighted by molar-refractivity contribution is 7.89. The van der Waals surface area contributed by atoms with E-state index >= 15 is 0 Å². The second kappa shape index (κ2) is 11.7. The van der Waals surface area contributed by atoms with E-state index in [1.165, 1.54) is 23.6 Å². The van der Waals surface area contributed by atoms with E-state index in [0.29, 0.717) is 51.5 Å². The Morgan fingerprint density at radius 3 is 2.19 bits per heavy atom. The molecule has 2 aliphatic rings. The number of carbonyl (C=O) groups excluding carboxylic acids is 1. The average molecular weight is 454 g/mol. The molecule has 0 spiro atoms. The highest BCUT2D eigenvalue weighted by Crippen LogP contribution is 2.23. The number of benzene rings is 1. The van der Waals surface area contributed by atoms with Gasteiger partial charge in [-0.05, 0) is 56.9 Å². The van der Waals surface area contributed by atoms with Gasteiger partial charge >= 0.3 is 6.03 Å². The summed E-state index contributed by atoms with van der Waals surface area (Å²) in [6.07, 6.45) is 6.88. The number of nitrogens with one attached hydrogen (secondary N) is 2. The predicted octanol–water partition coefficient (Wildman–Crippen LogP) is 2.89. The number of urea groups is 1. The number of hydrogen-bond donors (Lipinski definition) is 2. The first-order chi connectivity index (χ1) is 15.0. The molecular weight excluding hydrogens is 418 g/mol. The largest absolute Gasteiger partial charge is 0.491 e. The molecule has 1 aromatic rings. The van der Waals surface area contributed by atoms with Crippen molar-refractivity contribution in [3.8, 4) is 5.75 Å². The van der Waals surface area contributed by atoms with E-state index in [4.69, 9.17) is 9.47 Å². The number of carbonyl (C=O) groups is 1. The Balaban J connectivity index is 1.45. The van der Waals surface area contributed by atoms with Crippen LogP contribution in [0.1, 0.15) is 51.9 Å². The lowest BCUT2D eigenvalue weighted by molar-refractivity contribution is 0.110. The number of nitrogens with zero attached hydrogens (tertiary/aromatic N) is 1. The molecule has 9 heteroatoms. The van der Waals surface area contributed by atoms with E-state index < -0.39 is 10.0 Å². The van der Waals surface area contributed by atoms with Crippen molar-refractivity contribution in [1.29, 1.82) is 0 Å². The van der Waals surface area contributed by atoms with Gasteiger partial charge in [0.25, 0.3) is 0 Å². The zero-order chi connectivity index (χ0) is 22.1. The number of ether oxygens (including phenoxy) is 2. The molecule has 0 atom stereocenters. The summed E-state index contributed by atoms with van der Waals surface area (Å²) in [5, 5.41) is 6.07. The van der Waals surface area contributed by atoms with Crippen LogP contribution >= 0.6 is 0 Å². The van der Waals surface area contributed by atoms with Crippen LogP contribution in [-0.4, -0.2) is 63.7 Å². The maximum Gasteiger partial charge on any atom is 0.315 e. The molecule has 2 fully saturated rings. The van der Waals surface area contributed by atoms with Crippen LogP contribution in [0.25, 0.3) is 0 Å². The molecule has 1 aliphatic carbocycles. The third-order valence-electron chi connectivity index (χ3n) is 5.89. The van der Waals surface area contributed by atoms with Gasteiger partial charge in [0.1, 0.15) is 12.4 Å². The van der Waals surface area contributed by atoms with Crippen LogP contribution in [0.4, 0.5) is 4.79 Å². The van der Waals surface area contributed by atoms with E-state index in [1.54, 1.807) is 24.3 Å². The van der Waals surface area contributed by atoms with Gasteiger partial charge in [-0.3, -0.25) is 0 Å². The van der Waals surface area contributed by atoms with Crippen molar-refractivity contribution in [1.82, 2.24) is 14.9 Å². The van der Waals surface area contributed by atoms with Crippen molar-refractivity contribution in [2.75, 3.05) is 32.9 Å². The summed E-state index contributed by atoms with van der Waals surface area (Å²) in [6, 6.07) is 6.62. The predicted molar refractivity (Wildman–Crippen MR) is 119 cm³/mol. The summed E-state index contributed by atoms with van der Waals surface area (Å²) in [5.41, 5.74) is 0. The summed E-state index contributed by atoms with van der Waals surface area (Å²) in [4.78, 5) is 12.5. The zero-order valence-electron chi connectivity index (χ0n) is 18.3. The lowest BCUT2D eigenvalue weighted by Crippen LogP contribution is -2.51. The molecule has 31 heavy (non-hydrogen) atoms. The molecule has 174 valence electrons. The van der Waals surface area contributed by atoms with Gasteiger partial charge < -0.3 is 20.1 Å². The van der Waals surface area contributed by atoms with E-state index in [1.807, 2.05) is 6.92 Å². The maximum absolute atomic E-state index is 13.0. The van der Waals surface area contributed by atoms with Crippen LogP contribution in [0.3, 0.4) is 0 Å². The Morgan fingerprint density at radius 1 is 0.968 bits per heavy atom. The molecule has 2 N–H and O–H groups in total. The minimum Gasteiger partial charge on any atom is -0.491 e. The van der Waals surface area contributed by atoms with E-state index in [2.05, 4.69) is 10.6 Å². The highest BCUT2D eigenvalue weighted by atomic mass is 32.2. The Kier molecular flexibility index (Phi) is 8.98. The maximum atomic E-state index is 13.0. The van der Waals surface area contributed by atoms with Gasteiger partial charge in [-0.2, -0.15) is 4.31 Å². The third-order valence-corrected chi connectivity index (χ3v) is 7.80. The van der Waals surface area contributed by atoms with E-state index in [0.717, 1.165) is 12.8 Å². The molecule has 1 saturated carbocycles. The minimum absolute atomic E-state index is 0.00356. The number of sulfonamides is 1. The third kappa shape index (κ3) is 7.08. The van der Waals surface area contributed by atoms with E-state index in [9.17, 15) is 13.2 Å². The molecule has 0 bridgehead atoms. The SMILES string of the molecule is CCOCCOc1ccc(S(=O)(=O)N2CCC(NC(=O)NC3CCCCC3)CC2)cc1. The molecule has 1 aliphatic heterocycles. The lowest BCUT2D eigenvalue weighted by Gasteiger charge is -2.32. The van der Waals surface area contributed by atoms with Gasteiger partial charge in [0.05, 0.1) is 11.5 Å². The Labute approximate surface area is 185 Å². The topological polar surface area (TPSA) is 97.0 Å². The van der Waals surface area contributed by atoms with Crippen molar-refractivity contribution in [2.24, 2.45) is 0 Å². The monoisotopic (exact) mass is 453 g/mol. The van der Waals surface area contributed by atoms with Crippen LogP contribution in [0.2, 0.25) is 0 Å². The summed E-state index contributed by atoms with van der Waals surface area (Å²) in [6.45, 7) is 4.27. The first kappa shape index (κ1) is 23.8. The Hall–Kier alpha value is -1.84. The van der Waals surface area contributed by atoms with Crippen LogP contribution in [0, 0.1) is 0 Å². The highest BCUT2D eigenvalue weighted by Gasteiger charge is 2.30. The summed E-state index contributed by atoms with van der Waals surface area (Å²) in [7, 11) is -3.56. The molecule has 1 saturated heterocycles. The van der Waals surface area contributed by atoms with Crippen LogP contribution in [0.5, 0.6) is 5.75 Å². The molecular formula is C22H35N3O5S. The van der Waals surface area contributed by atoms with E-state index in [-0.39, 0.29) is 23.0 Å². The van der Waals surface area contributed by atoms with Gasteiger partial charge in [-0.1, -0.05) is 19.3 Å². The van der Waals surface area contributed by atoms with Crippen molar-refractivity contribution >= 4 is 16.1 Å². The minimum atomic E-state index is -3.56. The van der Waals surface area contributed by atoms with Crippen molar-refractivity contribution in [2.45, 2.75) is 68.8 Å². The number of rotatable bonds is 9. The molecule has 2 amide bonds. The smallest absolute Gasteiger partial charge is 0.315 e. The van der Waals surface area contributed by atoms with Crippen LogP contribution in [-0.2, 0) is 14.8 Å². The van der Waals surface area contributed by atoms with Gasteiger partial charge in [0.15, 0.2) is 0 Å². The first-order valence-electron chi connectivity index (χ1n) is 11.4. The number of piperidine rings is 1.